The molecule has 0 bridgehead atoms. The van der Waals surface area contributed by atoms with Gasteiger partial charge in [-0.2, -0.15) is 0 Å². The van der Waals surface area contributed by atoms with Crippen LogP contribution in [0.4, 0.5) is 5.69 Å². The van der Waals surface area contributed by atoms with Gasteiger partial charge in [-0.05, 0) is 61.2 Å². The molecule has 3 N–H and O–H groups in total. The first-order valence-electron chi connectivity index (χ1n) is 11.9. The van der Waals surface area contributed by atoms with Gasteiger partial charge in [-0.15, -0.1) is 0 Å². The number of nitrogens with one attached hydrogen (secondary N) is 2. The van der Waals surface area contributed by atoms with E-state index in [-0.39, 0.29) is 44.7 Å². The van der Waals surface area contributed by atoms with Crippen molar-refractivity contribution in [3.8, 4) is 0 Å². The molecule has 0 atom stereocenters. The summed E-state index contributed by atoms with van der Waals surface area (Å²) in [6.07, 6.45) is 3.20. The molecule has 11 heteroatoms. The van der Waals surface area contributed by atoms with Crippen LogP contribution in [-0.2, 0) is 38.0 Å². The van der Waals surface area contributed by atoms with E-state index in [9.17, 15) is 27.9 Å². The molecule has 0 radical (unpaired) electrons. The van der Waals surface area contributed by atoms with Crippen molar-refractivity contribution in [1.29, 1.82) is 0 Å². The molecule has 3 aromatic rings. The van der Waals surface area contributed by atoms with Gasteiger partial charge in [-0.3, -0.25) is 14.4 Å². The van der Waals surface area contributed by atoms with Crippen LogP contribution in [0.1, 0.15) is 57.7 Å². The summed E-state index contributed by atoms with van der Waals surface area (Å²) in [7, 11) is -3.88. The quantitative estimate of drug-likeness (QED) is 0.328. The second-order valence-electron chi connectivity index (χ2n) is 9.22. The van der Waals surface area contributed by atoms with E-state index in [4.69, 9.17) is 23.2 Å². The van der Waals surface area contributed by atoms with Crippen LogP contribution in [0.25, 0.3) is 11.6 Å². The topological polar surface area (TPSA) is 133 Å². The van der Waals surface area contributed by atoms with Crippen LogP contribution in [-0.4, -0.2) is 36.2 Å². The van der Waals surface area contributed by atoms with Gasteiger partial charge in [0.1, 0.15) is 0 Å². The van der Waals surface area contributed by atoms with Crippen molar-refractivity contribution in [3.05, 3.63) is 80.1 Å². The van der Waals surface area contributed by atoms with E-state index in [0.29, 0.717) is 47.3 Å². The van der Waals surface area contributed by atoms with Gasteiger partial charge in [0.25, 0.3) is 5.91 Å². The van der Waals surface area contributed by atoms with Crippen molar-refractivity contribution in [3.63, 3.8) is 0 Å². The lowest BCUT2D eigenvalue weighted by molar-refractivity contribution is -0.137. The van der Waals surface area contributed by atoms with Crippen LogP contribution in [0.15, 0.2) is 41.3 Å². The molecule has 8 nitrogen and oxygen atoms in total. The second kappa shape index (κ2) is 10.1. The molecule has 0 unspecified atom stereocenters. The Hall–Kier alpha value is -3.40. The lowest BCUT2D eigenvalue weighted by Gasteiger charge is -2.11. The van der Waals surface area contributed by atoms with Crippen molar-refractivity contribution in [2.24, 2.45) is 0 Å². The number of carboxylic acid groups (broad SMARTS) is 1. The number of carbonyl (C=O) groups is 3. The number of fused-ring (bicyclic) bond motifs is 2. The molecule has 1 aliphatic heterocycles. The zero-order chi connectivity index (χ0) is 27.2. The van der Waals surface area contributed by atoms with E-state index in [0.717, 1.165) is 5.69 Å². The van der Waals surface area contributed by atoms with Crippen LogP contribution < -0.4 is 5.32 Å². The van der Waals surface area contributed by atoms with E-state index < -0.39 is 27.5 Å². The Morgan fingerprint density at radius 1 is 1.05 bits per heavy atom. The molecule has 1 amide bonds. The Balaban J connectivity index is 1.57. The zero-order valence-electron chi connectivity index (χ0n) is 19.9. The highest BCUT2D eigenvalue weighted by atomic mass is 35.5. The summed E-state index contributed by atoms with van der Waals surface area (Å²) >= 11 is 12.4. The number of carboxylic acids is 1. The first-order chi connectivity index (χ1) is 18.0. The first kappa shape index (κ1) is 26.2. The normalized spacial score (nSPS) is 15.9. The predicted octanol–water partition coefficient (Wildman–Crippen LogP) is 5.32. The van der Waals surface area contributed by atoms with Gasteiger partial charge in [0.2, 0.25) is 0 Å². The van der Waals surface area contributed by atoms with Crippen LogP contribution in [0.3, 0.4) is 0 Å². The largest absolute Gasteiger partial charge is 0.481 e. The maximum atomic E-state index is 13.3. The standard InChI is InChI=1S/C27H22Cl2N2O6S/c28-19-3-1-4-20(29)18(19)13-38(36,37)14-7-9-21-16(11-14)17(27(35)31-21)12-23-15(8-10-25(33)34)26-22(30-23)5-2-6-24(26)32/h1,3-4,7,9,11-12,30H,2,5-6,8,10,13H2,(H,31,35)(H,33,34). The van der Waals surface area contributed by atoms with E-state index in [1.807, 2.05) is 0 Å². The monoisotopic (exact) mass is 572 g/mol. The van der Waals surface area contributed by atoms with Gasteiger partial charge < -0.3 is 15.4 Å². The van der Waals surface area contributed by atoms with Crippen molar-refractivity contribution in [1.82, 2.24) is 4.98 Å². The molecule has 0 fully saturated rings. The third-order valence-electron chi connectivity index (χ3n) is 6.73. The molecule has 38 heavy (non-hydrogen) atoms. The molecule has 2 heterocycles. The fourth-order valence-electron chi connectivity index (χ4n) is 4.90. The molecule has 0 spiro atoms. The molecular formula is C27H22Cl2N2O6S. The highest BCUT2D eigenvalue weighted by Crippen LogP contribution is 2.38. The predicted molar refractivity (Wildman–Crippen MR) is 144 cm³/mol. The lowest BCUT2D eigenvalue weighted by Crippen LogP contribution is -2.11. The Morgan fingerprint density at radius 2 is 1.79 bits per heavy atom. The summed E-state index contributed by atoms with van der Waals surface area (Å²) in [5.74, 6) is -1.92. The fourth-order valence-corrected chi connectivity index (χ4v) is 7.02. The number of aliphatic carboxylic acids is 1. The number of anilines is 1. The Kier molecular flexibility index (Phi) is 6.94. The number of H-pyrrole nitrogens is 1. The van der Waals surface area contributed by atoms with Gasteiger partial charge >= 0.3 is 5.97 Å². The van der Waals surface area contributed by atoms with Gasteiger partial charge in [0.05, 0.1) is 16.2 Å². The minimum Gasteiger partial charge on any atom is -0.481 e. The molecule has 1 aliphatic carbocycles. The van der Waals surface area contributed by atoms with Crippen molar-refractivity contribution in [2.75, 3.05) is 5.32 Å². The maximum Gasteiger partial charge on any atom is 0.303 e. The molecule has 0 saturated heterocycles. The average molecular weight is 573 g/mol. The molecule has 0 saturated carbocycles. The number of rotatable bonds is 7. The van der Waals surface area contributed by atoms with Crippen LogP contribution >= 0.6 is 23.2 Å². The van der Waals surface area contributed by atoms with Gasteiger partial charge in [0.15, 0.2) is 15.6 Å². The van der Waals surface area contributed by atoms with Gasteiger partial charge in [0, 0.05) is 56.7 Å². The van der Waals surface area contributed by atoms with Crippen LogP contribution in [0.5, 0.6) is 0 Å². The number of benzene rings is 2. The SMILES string of the molecule is O=C(O)CCc1c(C=C2C(=O)Nc3ccc(S(=O)(=O)Cc4c(Cl)cccc4Cl)cc32)[nH]c2c1C(=O)CCC2. The van der Waals surface area contributed by atoms with Crippen LogP contribution in [0.2, 0.25) is 10.0 Å². The first-order valence-corrected chi connectivity index (χ1v) is 14.3. The van der Waals surface area contributed by atoms with Crippen LogP contribution in [0, 0.1) is 0 Å². The molecule has 196 valence electrons. The third kappa shape index (κ3) is 4.89. The van der Waals surface area contributed by atoms with Crippen molar-refractivity contribution < 1.29 is 27.9 Å². The van der Waals surface area contributed by atoms with E-state index in [1.165, 1.54) is 18.2 Å². The zero-order valence-corrected chi connectivity index (χ0v) is 22.3. The summed E-state index contributed by atoms with van der Waals surface area (Å²) < 4.78 is 26.6. The van der Waals surface area contributed by atoms with E-state index in [1.54, 1.807) is 24.3 Å². The number of Topliss-reactive ketones (excluding diaryl/α,β-unsaturated/α-hetero) is 1. The number of amides is 1. The molecule has 5 rings (SSSR count). The van der Waals surface area contributed by atoms with E-state index in [2.05, 4.69) is 10.3 Å². The number of aromatic amines is 1. The number of hydrogen-bond acceptors (Lipinski definition) is 5. The second-order valence-corrected chi connectivity index (χ2v) is 12.0. The number of sulfone groups is 1. The highest BCUT2D eigenvalue weighted by molar-refractivity contribution is 7.90. The summed E-state index contributed by atoms with van der Waals surface area (Å²) in [6, 6.07) is 9.10. The lowest BCUT2D eigenvalue weighted by atomic mass is 9.91. The molecule has 2 aromatic carbocycles. The van der Waals surface area contributed by atoms with Gasteiger partial charge in [-0.1, -0.05) is 29.3 Å². The van der Waals surface area contributed by atoms with Crippen molar-refractivity contribution in [2.45, 2.75) is 42.8 Å². The Labute approximate surface area is 228 Å². The summed E-state index contributed by atoms with van der Waals surface area (Å²) in [6.45, 7) is 0. The number of hydrogen-bond donors (Lipinski definition) is 3. The molecular weight excluding hydrogens is 551 g/mol. The summed E-state index contributed by atoms with van der Waals surface area (Å²) in [4.78, 5) is 40.1. The minimum atomic E-state index is -3.88. The fraction of sp³-hybridized carbons (Fsp3) is 0.222. The maximum absolute atomic E-state index is 13.3. The summed E-state index contributed by atoms with van der Waals surface area (Å²) in [5, 5.41) is 12.4. The highest BCUT2D eigenvalue weighted by Gasteiger charge is 2.30. The van der Waals surface area contributed by atoms with Gasteiger partial charge in [-0.25, -0.2) is 8.42 Å². The Bertz CT molecular complexity index is 1640. The number of halogens is 2. The smallest absolute Gasteiger partial charge is 0.303 e. The molecule has 2 aliphatic rings. The van der Waals surface area contributed by atoms with Crippen molar-refractivity contribution >= 4 is 68.0 Å². The average Bonchev–Trinajstić information content (AvgIpc) is 3.37. The van der Waals surface area contributed by atoms with E-state index >= 15 is 0 Å². The number of aromatic nitrogens is 1. The Morgan fingerprint density at radius 3 is 2.50 bits per heavy atom. The minimum absolute atomic E-state index is 0.0123. The number of aryl methyl sites for hydroxylation is 1. The molecule has 1 aromatic heterocycles. The summed E-state index contributed by atoms with van der Waals surface area (Å²) in [5.41, 5.74) is 3.55. The number of ketones is 1. The third-order valence-corrected chi connectivity index (χ3v) is 9.08. The number of carbonyl (C=O) groups excluding carboxylic acids is 2.